The molecule has 0 aromatic heterocycles. The van der Waals surface area contributed by atoms with Crippen molar-refractivity contribution in [2.75, 3.05) is 19.4 Å². The minimum absolute atomic E-state index is 0.0891. The van der Waals surface area contributed by atoms with E-state index in [1.807, 2.05) is 38.4 Å². The first-order chi connectivity index (χ1) is 9.95. The molecule has 0 fully saturated rings. The van der Waals surface area contributed by atoms with E-state index in [1.165, 1.54) is 0 Å². The molecule has 0 aliphatic rings. The van der Waals surface area contributed by atoms with Crippen molar-refractivity contribution in [2.45, 2.75) is 13.1 Å². The number of hydrogen-bond acceptors (Lipinski definition) is 2. The molecule has 2 rings (SSSR count). The monoisotopic (exact) mass is 294 g/mol. The molecule has 112 valence electrons. The third-order valence-corrected chi connectivity index (χ3v) is 3.03. The molecule has 0 spiro atoms. The summed E-state index contributed by atoms with van der Waals surface area (Å²) in [6, 6.07) is 9.10. The topological polar surface area (TPSA) is 15.3 Å². The summed E-state index contributed by atoms with van der Waals surface area (Å²) < 4.78 is 39.4. The van der Waals surface area contributed by atoms with Gasteiger partial charge in [-0.1, -0.05) is 12.1 Å². The quantitative estimate of drug-likeness (QED) is 0.844. The standard InChI is InChI=1S/C16H17F3N2/c1-21(2)10-11-3-5-13(6-4-11)20-9-12-7-15(18)16(19)8-14(12)17/h3-8,20H,9-10H2,1-2H3. The fourth-order valence-electron chi connectivity index (χ4n) is 1.99. The predicted molar refractivity (Wildman–Crippen MR) is 77.5 cm³/mol. The Labute approximate surface area is 122 Å². The lowest BCUT2D eigenvalue weighted by atomic mass is 10.1. The maximum absolute atomic E-state index is 13.5. The second kappa shape index (κ2) is 6.63. The maximum atomic E-state index is 13.5. The first kappa shape index (κ1) is 15.4. The highest BCUT2D eigenvalue weighted by Crippen LogP contribution is 2.16. The summed E-state index contributed by atoms with van der Waals surface area (Å²) in [5, 5.41) is 2.99. The van der Waals surface area contributed by atoms with Gasteiger partial charge in [0, 0.05) is 30.4 Å². The van der Waals surface area contributed by atoms with E-state index in [0.29, 0.717) is 6.07 Å². The van der Waals surface area contributed by atoms with E-state index in [9.17, 15) is 13.2 Å². The van der Waals surface area contributed by atoms with Gasteiger partial charge < -0.3 is 10.2 Å². The first-order valence-electron chi connectivity index (χ1n) is 6.56. The number of benzene rings is 2. The molecular formula is C16H17F3N2. The molecule has 0 saturated carbocycles. The molecule has 0 aliphatic heterocycles. The van der Waals surface area contributed by atoms with Crippen LogP contribution >= 0.6 is 0 Å². The van der Waals surface area contributed by atoms with Crippen LogP contribution in [0.3, 0.4) is 0 Å². The van der Waals surface area contributed by atoms with E-state index >= 15 is 0 Å². The van der Waals surface area contributed by atoms with Gasteiger partial charge in [-0.25, -0.2) is 13.2 Å². The molecule has 2 nitrogen and oxygen atoms in total. The van der Waals surface area contributed by atoms with Crippen LogP contribution in [0.25, 0.3) is 0 Å². The lowest BCUT2D eigenvalue weighted by Crippen LogP contribution is -2.10. The molecular weight excluding hydrogens is 277 g/mol. The van der Waals surface area contributed by atoms with Crippen molar-refractivity contribution in [3.05, 3.63) is 65.0 Å². The SMILES string of the molecule is CN(C)Cc1ccc(NCc2cc(F)c(F)cc2F)cc1. The normalized spacial score (nSPS) is 11.0. The molecule has 0 amide bonds. The van der Waals surface area contributed by atoms with Crippen LogP contribution in [0.5, 0.6) is 0 Å². The van der Waals surface area contributed by atoms with Gasteiger partial charge in [0.15, 0.2) is 11.6 Å². The molecule has 2 aromatic rings. The molecule has 0 saturated heterocycles. The largest absolute Gasteiger partial charge is 0.381 e. The van der Waals surface area contributed by atoms with Crippen LogP contribution in [-0.2, 0) is 13.1 Å². The van der Waals surface area contributed by atoms with Crippen LogP contribution in [0.2, 0.25) is 0 Å². The van der Waals surface area contributed by atoms with E-state index in [0.717, 1.165) is 23.9 Å². The number of nitrogens with zero attached hydrogens (tertiary/aromatic N) is 1. The van der Waals surface area contributed by atoms with Crippen molar-refractivity contribution in [3.8, 4) is 0 Å². The highest BCUT2D eigenvalue weighted by atomic mass is 19.2. The van der Waals surface area contributed by atoms with Crippen LogP contribution in [0, 0.1) is 17.5 Å². The Hall–Kier alpha value is -2.01. The summed E-state index contributed by atoms with van der Waals surface area (Å²) in [6.45, 7) is 0.925. The fourth-order valence-corrected chi connectivity index (χ4v) is 1.99. The van der Waals surface area contributed by atoms with Gasteiger partial charge in [-0.05, 0) is 37.9 Å². The smallest absolute Gasteiger partial charge is 0.161 e. The Morgan fingerprint density at radius 1 is 0.905 bits per heavy atom. The van der Waals surface area contributed by atoms with Crippen LogP contribution < -0.4 is 5.32 Å². The number of rotatable bonds is 5. The molecule has 21 heavy (non-hydrogen) atoms. The molecule has 0 radical (unpaired) electrons. The number of hydrogen-bond donors (Lipinski definition) is 1. The van der Waals surface area contributed by atoms with E-state index in [2.05, 4.69) is 10.2 Å². The van der Waals surface area contributed by atoms with Gasteiger partial charge in [-0.15, -0.1) is 0 Å². The van der Waals surface area contributed by atoms with Crippen LogP contribution in [-0.4, -0.2) is 19.0 Å². The van der Waals surface area contributed by atoms with Crippen molar-refractivity contribution >= 4 is 5.69 Å². The molecule has 0 atom stereocenters. The average Bonchev–Trinajstić information content (AvgIpc) is 2.42. The fraction of sp³-hybridized carbons (Fsp3) is 0.250. The molecule has 0 heterocycles. The lowest BCUT2D eigenvalue weighted by molar-refractivity contribution is 0.402. The third kappa shape index (κ3) is 4.23. The zero-order chi connectivity index (χ0) is 15.4. The van der Waals surface area contributed by atoms with Gasteiger partial charge in [0.25, 0.3) is 0 Å². The van der Waals surface area contributed by atoms with E-state index in [4.69, 9.17) is 0 Å². The van der Waals surface area contributed by atoms with E-state index in [1.54, 1.807) is 0 Å². The van der Waals surface area contributed by atoms with Gasteiger partial charge in [-0.3, -0.25) is 0 Å². The van der Waals surface area contributed by atoms with Crippen LogP contribution in [0.1, 0.15) is 11.1 Å². The van der Waals surface area contributed by atoms with Gasteiger partial charge in [-0.2, -0.15) is 0 Å². The minimum atomic E-state index is -1.18. The Bertz CT molecular complexity index is 610. The van der Waals surface area contributed by atoms with E-state index in [-0.39, 0.29) is 12.1 Å². The van der Waals surface area contributed by atoms with Crippen molar-refractivity contribution < 1.29 is 13.2 Å². The summed E-state index contributed by atoms with van der Waals surface area (Å²) >= 11 is 0. The second-order valence-electron chi connectivity index (χ2n) is 5.15. The number of nitrogens with one attached hydrogen (secondary N) is 1. The predicted octanol–water partition coefficient (Wildman–Crippen LogP) is 3.78. The van der Waals surface area contributed by atoms with Crippen molar-refractivity contribution in [2.24, 2.45) is 0 Å². The highest BCUT2D eigenvalue weighted by Gasteiger charge is 2.09. The van der Waals surface area contributed by atoms with Crippen molar-refractivity contribution in [1.82, 2.24) is 4.90 Å². The molecule has 1 N–H and O–H groups in total. The summed E-state index contributed by atoms with van der Waals surface area (Å²) in [6.07, 6.45) is 0. The van der Waals surface area contributed by atoms with E-state index < -0.39 is 17.5 Å². The zero-order valence-electron chi connectivity index (χ0n) is 12.0. The van der Waals surface area contributed by atoms with Crippen LogP contribution in [0.15, 0.2) is 36.4 Å². The number of halogens is 3. The maximum Gasteiger partial charge on any atom is 0.161 e. The molecule has 0 bridgehead atoms. The van der Waals surface area contributed by atoms with Gasteiger partial charge in [0.1, 0.15) is 5.82 Å². The van der Waals surface area contributed by atoms with Crippen molar-refractivity contribution in [3.63, 3.8) is 0 Å². The highest BCUT2D eigenvalue weighted by molar-refractivity contribution is 5.45. The Balaban J connectivity index is 2.01. The number of anilines is 1. The lowest BCUT2D eigenvalue weighted by Gasteiger charge is -2.11. The zero-order valence-corrected chi connectivity index (χ0v) is 12.0. The Kier molecular flexibility index (Phi) is 4.85. The molecule has 0 aliphatic carbocycles. The summed E-state index contributed by atoms with van der Waals surface area (Å²) in [5.41, 5.74) is 2.04. The Morgan fingerprint density at radius 3 is 2.14 bits per heavy atom. The first-order valence-corrected chi connectivity index (χ1v) is 6.56. The summed E-state index contributed by atoms with van der Waals surface area (Å²) in [7, 11) is 3.97. The Morgan fingerprint density at radius 2 is 1.52 bits per heavy atom. The second-order valence-corrected chi connectivity index (χ2v) is 5.15. The van der Waals surface area contributed by atoms with Gasteiger partial charge in [0.05, 0.1) is 0 Å². The molecule has 2 aromatic carbocycles. The van der Waals surface area contributed by atoms with Crippen LogP contribution in [0.4, 0.5) is 18.9 Å². The molecule has 0 unspecified atom stereocenters. The van der Waals surface area contributed by atoms with Gasteiger partial charge in [0.2, 0.25) is 0 Å². The molecule has 5 heteroatoms. The third-order valence-electron chi connectivity index (χ3n) is 3.03. The minimum Gasteiger partial charge on any atom is -0.381 e. The summed E-state index contributed by atoms with van der Waals surface area (Å²) in [5.74, 6) is -2.98. The summed E-state index contributed by atoms with van der Waals surface area (Å²) in [4.78, 5) is 2.05. The average molecular weight is 294 g/mol. The van der Waals surface area contributed by atoms with Crippen molar-refractivity contribution in [1.29, 1.82) is 0 Å². The van der Waals surface area contributed by atoms with Gasteiger partial charge >= 0.3 is 0 Å².